The highest BCUT2D eigenvalue weighted by atomic mass is 32.2. The van der Waals surface area contributed by atoms with E-state index < -0.39 is 18.2 Å². The monoisotopic (exact) mass is 656 g/mol. The first kappa shape index (κ1) is 31.9. The minimum Gasteiger partial charge on any atom is -0.506 e. The average Bonchev–Trinajstić information content (AvgIpc) is 3.61. The number of hydrogen-bond donors (Lipinski definition) is 5. The van der Waals surface area contributed by atoms with E-state index in [2.05, 4.69) is 16.6 Å². The standard InChI is InChI=1S/C33H36N8O5S/c1-3-13-39(33(45)36-16-20-7-10-23(46-2)11-8-20)40-19-29(43)41-25(15-21-9-12-26(42)24(34)14-21)31(44)38(18-28(40)41)17-22-5-4-6-27-30(22)37-32(35)47-27/h1,4-12,14,25,28,32,37,42H,13,15-19,34-35H2,2H3,(H,36,45)/t25-,28+,32?/m0/s1. The molecule has 0 bridgehead atoms. The number of nitrogens with two attached hydrogens (primary N) is 2. The zero-order valence-electron chi connectivity index (χ0n) is 25.8. The van der Waals surface area contributed by atoms with Crippen LogP contribution in [0.3, 0.4) is 0 Å². The van der Waals surface area contributed by atoms with E-state index in [4.69, 9.17) is 22.6 Å². The number of ether oxygens (including phenoxy) is 1. The molecule has 14 heteroatoms. The molecule has 3 atom stereocenters. The van der Waals surface area contributed by atoms with E-state index >= 15 is 0 Å². The summed E-state index contributed by atoms with van der Waals surface area (Å²) < 4.78 is 5.21. The number of nitrogens with zero attached hydrogens (tertiary/aromatic N) is 4. The molecule has 0 aliphatic carbocycles. The molecule has 13 nitrogen and oxygen atoms in total. The fraction of sp³-hybridized carbons (Fsp3) is 0.303. The van der Waals surface area contributed by atoms with Gasteiger partial charge in [0.1, 0.15) is 29.2 Å². The number of nitrogens with one attached hydrogen (secondary N) is 2. The molecule has 2 fully saturated rings. The van der Waals surface area contributed by atoms with Crippen LogP contribution in [0.2, 0.25) is 0 Å². The molecule has 1 unspecified atom stereocenters. The van der Waals surface area contributed by atoms with E-state index in [0.29, 0.717) is 11.3 Å². The predicted molar refractivity (Wildman–Crippen MR) is 177 cm³/mol. The number of benzene rings is 3. The number of fused-ring (bicyclic) bond motifs is 2. The van der Waals surface area contributed by atoms with Gasteiger partial charge in [-0.2, -0.15) is 5.01 Å². The first-order valence-electron chi connectivity index (χ1n) is 15.0. The number of phenols is 1. The van der Waals surface area contributed by atoms with Gasteiger partial charge in [0.25, 0.3) is 0 Å². The molecule has 3 aliphatic rings. The molecular formula is C33H36N8O5S. The van der Waals surface area contributed by atoms with Crippen molar-refractivity contribution in [2.75, 3.05) is 37.8 Å². The Hall–Kier alpha value is -5.10. The number of hydrazine groups is 1. The van der Waals surface area contributed by atoms with Crippen LogP contribution in [0.25, 0.3) is 0 Å². The number of anilines is 2. The third kappa shape index (κ3) is 6.46. The third-order valence-corrected chi connectivity index (χ3v) is 9.46. The van der Waals surface area contributed by atoms with Crippen molar-refractivity contribution in [2.24, 2.45) is 5.73 Å². The highest BCUT2D eigenvalue weighted by molar-refractivity contribution is 8.00. The quantitative estimate of drug-likeness (QED) is 0.130. The number of urea groups is 1. The number of terminal acetylenes is 1. The van der Waals surface area contributed by atoms with E-state index in [9.17, 15) is 19.5 Å². The van der Waals surface area contributed by atoms with Crippen molar-refractivity contribution in [1.82, 2.24) is 25.1 Å². The number of para-hydroxylation sites is 1. The normalized spacial score (nSPS) is 20.3. The van der Waals surface area contributed by atoms with Crippen LogP contribution in [0.5, 0.6) is 11.5 Å². The molecule has 47 heavy (non-hydrogen) atoms. The highest BCUT2D eigenvalue weighted by Crippen LogP contribution is 2.40. The number of rotatable bonds is 9. The number of thioether (sulfide) groups is 1. The molecule has 2 saturated heterocycles. The molecule has 6 rings (SSSR count). The van der Waals surface area contributed by atoms with Gasteiger partial charge >= 0.3 is 6.03 Å². The molecule has 0 spiro atoms. The van der Waals surface area contributed by atoms with Crippen LogP contribution in [-0.4, -0.2) is 87.2 Å². The van der Waals surface area contributed by atoms with Gasteiger partial charge in [0.2, 0.25) is 11.8 Å². The second-order valence-electron chi connectivity index (χ2n) is 11.5. The summed E-state index contributed by atoms with van der Waals surface area (Å²) in [6, 6.07) is 16.5. The van der Waals surface area contributed by atoms with Gasteiger partial charge < -0.3 is 41.7 Å². The first-order chi connectivity index (χ1) is 22.7. The zero-order chi connectivity index (χ0) is 33.2. The largest absolute Gasteiger partial charge is 0.506 e. The van der Waals surface area contributed by atoms with Gasteiger partial charge in [-0.3, -0.25) is 9.59 Å². The van der Waals surface area contributed by atoms with Crippen molar-refractivity contribution in [3.63, 3.8) is 0 Å². The van der Waals surface area contributed by atoms with E-state index in [1.54, 1.807) is 46.2 Å². The fourth-order valence-electron chi connectivity index (χ4n) is 6.21. The summed E-state index contributed by atoms with van der Waals surface area (Å²) in [6.07, 6.45) is 5.19. The second kappa shape index (κ2) is 13.3. The van der Waals surface area contributed by atoms with Crippen molar-refractivity contribution in [2.45, 2.75) is 42.1 Å². The summed E-state index contributed by atoms with van der Waals surface area (Å²) in [5.74, 6) is 2.61. The van der Waals surface area contributed by atoms with E-state index in [-0.39, 0.29) is 67.9 Å². The molecule has 3 aliphatic heterocycles. The maximum Gasteiger partial charge on any atom is 0.333 e. The Bertz CT molecular complexity index is 1730. The Balaban J connectivity index is 1.29. The Kier molecular flexibility index (Phi) is 9.04. The van der Waals surface area contributed by atoms with Crippen molar-refractivity contribution in [3.8, 4) is 23.8 Å². The summed E-state index contributed by atoms with van der Waals surface area (Å²) in [4.78, 5) is 45.8. The fourth-order valence-corrected chi connectivity index (χ4v) is 7.12. The average molecular weight is 657 g/mol. The van der Waals surface area contributed by atoms with Gasteiger partial charge in [-0.15, -0.1) is 6.42 Å². The number of phenolic OH excluding ortho intramolecular Hbond substituents is 1. The van der Waals surface area contributed by atoms with Crippen molar-refractivity contribution < 1.29 is 24.2 Å². The van der Waals surface area contributed by atoms with Crippen molar-refractivity contribution in [1.29, 1.82) is 0 Å². The molecule has 4 amide bonds. The lowest BCUT2D eigenvalue weighted by atomic mass is 9.99. The molecule has 3 heterocycles. The van der Waals surface area contributed by atoms with Gasteiger partial charge in [-0.05, 0) is 47.0 Å². The van der Waals surface area contributed by atoms with Gasteiger partial charge in [-0.1, -0.05) is 48.0 Å². The van der Waals surface area contributed by atoms with Crippen molar-refractivity contribution >= 4 is 41.0 Å². The van der Waals surface area contributed by atoms with E-state index in [1.165, 1.54) is 22.8 Å². The maximum absolute atomic E-state index is 14.2. The molecule has 7 N–H and O–H groups in total. The topological polar surface area (TPSA) is 170 Å². The molecule has 0 aromatic heterocycles. The lowest BCUT2D eigenvalue weighted by Gasteiger charge is -2.46. The van der Waals surface area contributed by atoms with Gasteiger partial charge in [0.15, 0.2) is 0 Å². The first-order valence-corrected chi connectivity index (χ1v) is 15.9. The Labute approximate surface area is 276 Å². The Morgan fingerprint density at radius 2 is 1.96 bits per heavy atom. The van der Waals surface area contributed by atoms with Gasteiger partial charge in [0.05, 0.1) is 38.1 Å². The summed E-state index contributed by atoms with van der Waals surface area (Å²) >= 11 is 1.50. The van der Waals surface area contributed by atoms with Crippen LogP contribution >= 0.6 is 11.8 Å². The lowest BCUT2D eigenvalue weighted by molar-refractivity contribution is -0.157. The van der Waals surface area contributed by atoms with Gasteiger partial charge in [-0.25, -0.2) is 9.80 Å². The summed E-state index contributed by atoms with van der Waals surface area (Å²) in [5, 5.41) is 19.2. The number of carbonyl (C=O) groups is 3. The van der Waals surface area contributed by atoms with E-state index in [0.717, 1.165) is 21.7 Å². The summed E-state index contributed by atoms with van der Waals surface area (Å²) in [7, 11) is 1.58. The van der Waals surface area contributed by atoms with Crippen molar-refractivity contribution in [3.05, 3.63) is 77.4 Å². The van der Waals surface area contributed by atoms with Crippen LogP contribution in [0.4, 0.5) is 16.2 Å². The van der Waals surface area contributed by atoms with Crippen LogP contribution in [-0.2, 0) is 29.1 Å². The number of aromatic hydroxyl groups is 1. The number of amides is 4. The molecule has 0 radical (unpaired) electrons. The Morgan fingerprint density at radius 3 is 2.68 bits per heavy atom. The molecular weight excluding hydrogens is 620 g/mol. The number of piperazine rings is 1. The zero-order valence-corrected chi connectivity index (χ0v) is 26.6. The van der Waals surface area contributed by atoms with Crippen LogP contribution in [0, 0.1) is 12.3 Å². The smallest absolute Gasteiger partial charge is 0.333 e. The second-order valence-corrected chi connectivity index (χ2v) is 12.6. The molecule has 3 aromatic carbocycles. The third-order valence-electron chi connectivity index (χ3n) is 8.49. The minimum absolute atomic E-state index is 0.0706. The SMILES string of the molecule is C#CCN(C(=O)NCc1ccc(OC)cc1)N1CC(=O)N2[C@@H](Cc3ccc(O)c(N)c3)C(=O)N(Cc3cccc4c3NC(N)S4)C[C@@H]21. The lowest BCUT2D eigenvalue weighted by Crippen LogP contribution is -2.66. The van der Waals surface area contributed by atoms with Gasteiger partial charge in [0, 0.05) is 24.4 Å². The van der Waals surface area contributed by atoms with Crippen LogP contribution in [0.15, 0.2) is 65.6 Å². The highest BCUT2D eigenvalue weighted by Gasteiger charge is 2.52. The predicted octanol–water partition coefficient (Wildman–Crippen LogP) is 1.93. The summed E-state index contributed by atoms with van der Waals surface area (Å²) in [5.41, 5.74) is 15.3. The van der Waals surface area contributed by atoms with E-state index in [1.807, 2.05) is 30.3 Å². The molecule has 244 valence electrons. The van der Waals surface area contributed by atoms with Crippen LogP contribution < -0.4 is 26.8 Å². The molecule has 0 saturated carbocycles. The summed E-state index contributed by atoms with van der Waals surface area (Å²) in [6.45, 7) is 0.369. The number of nitrogen functional groups attached to an aromatic ring is 1. The Morgan fingerprint density at radius 1 is 1.19 bits per heavy atom. The maximum atomic E-state index is 14.2. The van der Waals surface area contributed by atoms with Crippen LogP contribution in [0.1, 0.15) is 16.7 Å². The number of hydrogen-bond acceptors (Lipinski definition) is 10. The minimum atomic E-state index is -0.897. The number of carbonyl (C=O) groups excluding carboxylic acids is 3. The number of methoxy groups -OCH3 is 1. The molecule has 3 aromatic rings.